The van der Waals surface area contributed by atoms with Crippen LogP contribution in [0.1, 0.15) is 48.7 Å². The minimum Gasteiger partial charge on any atom is -0.494 e. The van der Waals surface area contributed by atoms with Crippen molar-refractivity contribution in [3.05, 3.63) is 66.2 Å². The number of likely N-dealkylation sites (tertiary alicyclic amines) is 1. The molecule has 0 radical (unpaired) electrons. The van der Waals surface area contributed by atoms with Crippen molar-refractivity contribution < 1.29 is 14.6 Å². The van der Waals surface area contributed by atoms with Gasteiger partial charge in [-0.05, 0) is 37.1 Å². The molecule has 0 aliphatic carbocycles. The number of aliphatic hydroxyl groups excluding tert-OH is 1. The standard InChI is InChI=1S/C29H34N8O3/c1-5-25(39)22-15-31-27(34-26-10-9-19(14-30-26)18(2)37-12-11-20(38)16-37)13-24(22)33-23-8-6-7-21(28(23)40-4)29-32-17-36(3)35-29/h6-10,13-15,17-18,20,38H,5,11-12,16H2,1-4H3,(H2,30,31,33,34)/t18-,20+/m1/s1. The first kappa shape index (κ1) is 27.2. The van der Waals surface area contributed by atoms with E-state index in [-0.39, 0.29) is 17.9 Å². The Hall–Kier alpha value is -4.35. The number of ketones is 1. The SMILES string of the molecule is CCC(=O)c1cnc(Nc2ccc([C@@H](C)N3CC[C@H](O)C3)cn2)cc1Nc1cccc(-c2ncn(C)n2)c1OC. The van der Waals surface area contributed by atoms with Gasteiger partial charge >= 0.3 is 0 Å². The van der Waals surface area contributed by atoms with Crippen molar-refractivity contribution >= 4 is 28.8 Å². The van der Waals surface area contributed by atoms with E-state index in [1.165, 1.54) is 0 Å². The fraction of sp³-hybridized carbons (Fsp3) is 0.345. The van der Waals surface area contributed by atoms with Gasteiger partial charge in [0.05, 0.1) is 35.7 Å². The van der Waals surface area contributed by atoms with Crippen LogP contribution in [-0.2, 0) is 7.05 Å². The maximum Gasteiger partial charge on any atom is 0.184 e. The molecule has 4 aromatic rings. The lowest BCUT2D eigenvalue weighted by atomic mass is 10.1. The van der Waals surface area contributed by atoms with Gasteiger partial charge in [-0.25, -0.2) is 15.0 Å². The maximum atomic E-state index is 12.8. The van der Waals surface area contributed by atoms with Gasteiger partial charge in [0, 0.05) is 51.1 Å². The number of pyridine rings is 2. The summed E-state index contributed by atoms with van der Waals surface area (Å²) in [6, 6.07) is 11.5. The van der Waals surface area contributed by atoms with Crippen LogP contribution in [0.25, 0.3) is 11.4 Å². The summed E-state index contributed by atoms with van der Waals surface area (Å²) in [7, 11) is 3.40. The fourth-order valence-electron chi connectivity index (χ4n) is 4.87. The van der Waals surface area contributed by atoms with E-state index in [0.717, 1.165) is 24.1 Å². The van der Waals surface area contributed by atoms with E-state index in [2.05, 4.69) is 42.5 Å². The van der Waals surface area contributed by atoms with Crippen LogP contribution in [0.4, 0.5) is 23.0 Å². The Morgan fingerprint density at radius 3 is 2.60 bits per heavy atom. The highest BCUT2D eigenvalue weighted by atomic mass is 16.5. The minimum absolute atomic E-state index is 0.0356. The number of aliphatic hydroxyl groups is 1. The summed E-state index contributed by atoms with van der Waals surface area (Å²) in [5, 5.41) is 20.9. The highest BCUT2D eigenvalue weighted by Crippen LogP contribution is 2.37. The number of nitrogens with one attached hydrogen (secondary N) is 2. The van der Waals surface area contributed by atoms with E-state index in [0.29, 0.717) is 53.1 Å². The van der Waals surface area contributed by atoms with E-state index in [4.69, 9.17) is 4.74 Å². The average molecular weight is 543 g/mol. The third-order valence-corrected chi connectivity index (χ3v) is 7.12. The molecule has 3 N–H and O–H groups in total. The third kappa shape index (κ3) is 5.80. The van der Waals surface area contributed by atoms with Gasteiger partial charge in [0.1, 0.15) is 18.0 Å². The van der Waals surface area contributed by atoms with Gasteiger partial charge in [-0.15, -0.1) is 0 Å². The Labute approximate surface area is 233 Å². The van der Waals surface area contributed by atoms with Crippen LogP contribution >= 0.6 is 0 Å². The molecular weight excluding hydrogens is 508 g/mol. The number of ether oxygens (including phenoxy) is 1. The van der Waals surface area contributed by atoms with Gasteiger partial charge in [0.2, 0.25) is 0 Å². The topological polar surface area (TPSA) is 130 Å². The fourth-order valence-corrected chi connectivity index (χ4v) is 4.87. The number of Topliss-reactive ketones (excluding diaryl/α,β-unsaturated/α-hetero) is 1. The molecule has 1 fully saturated rings. The number of methoxy groups -OCH3 is 1. The Morgan fingerprint density at radius 1 is 1.12 bits per heavy atom. The Balaban J connectivity index is 1.40. The number of hydrogen-bond acceptors (Lipinski definition) is 10. The number of aromatic nitrogens is 5. The molecule has 5 rings (SSSR count). The summed E-state index contributed by atoms with van der Waals surface area (Å²) in [6.07, 6.45) is 5.92. The summed E-state index contributed by atoms with van der Waals surface area (Å²) in [6.45, 7) is 5.49. The molecule has 2 atom stereocenters. The number of hydrogen-bond donors (Lipinski definition) is 3. The van der Waals surface area contributed by atoms with Crippen molar-refractivity contribution in [3.63, 3.8) is 0 Å². The number of β-amino-alcohol motifs (C(OH)–C–C–N with tert-alkyl or cyclic N) is 1. The molecule has 11 nitrogen and oxygen atoms in total. The zero-order valence-electron chi connectivity index (χ0n) is 23.1. The molecule has 0 amide bonds. The molecule has 4 heterocycles. The zero-order chi connectivity index (χ0) is 28.2. The van der Waals surface area contributed by atoms with Gasteiger partial charge in [-0.2, -0.15) is 5.10 Å². The summed E-state index contributed by atoms with van der Waals surface area (Å²) in [4.78, 5) is 28.5. The zero-order valence-corrected chi connectivity index (χ0v) is 23.1. The van der Waals surface area contributed by atoms with Crippen LogP contribution in [0.15, 0.2) is 55.1 Å². The van der Waals surface area contributed by atoms with E-state index in [1.54, 1.807) is 37.4 Å². The molecule has 3 aromatic heterocycles. The number of aryl methyl sites for hydroxylation is 1. The highest BCUT2D eigenvalue weighted by Gasteiger charge is 2.25. The van der Waals surface area contributed by atoms with Crippen LogP contribution in [0.5, 0.6) is 5.75 Å². The number of rotatable bonds is 10. The molecule has 40 heavy (non-hydrogen) atoms. The molecule has 1 saturated heterocycles. The summed E-state index contributed by atoms with van der Waals surface area (Å²) in [5.41, 5.74) is 3.53. The molecule has 1 aliphatic rings. The Bertz CT molecular complexity index is 1490. The van der Waals surface area contributed by atoms with Crippen molar-refractivity contribution in [2.75, 3.05) is 30.8 Å². The Morgan fingerprint density at radius 2 is 1.95 bits per heavy atom. The molecule has 0 spiro atoms. The van der Waals surface area contributed by atoms with Crippen LogP contribution in [0.3, 0.4) is 0 Å². The highest BCUT2D eigenvalue weighted by molar-refractivity contribution is 6.02. The van der Waals surface area contributed by atoms with Crippen molar-refractivity contribution in [1.82, 2.24) is 29.6 Å². The van der Waals surface area contributed by atoms with Crippen LogP contribution in [0, 0.1) is 0 Å². The van der Waals surface area contributed by atoms with Gasteiger partial charge in [0.15, 0.2) is 17.4 Å². The molecule has 0 saturated carbocycles. The second kappa shape index (κ2) is 11.8. The molecule has 0 unspecified atom stereocenters. The second-order valence-corrected chi connectivity index (χ2v) is 9.86. The molecule has 1 aliphatic heterocycles. The quantitative estimate of drug-likeness (QED) is 0.246. The van der Waals surface area contributed by atoms with E-state index in [9.17, 15) is 9.90 Å². The second-order valence-electron chi connectivity index (χ2n) is 9.86. The lowest BCUT2D eigenvalue weighted by Gasteiger charge is -2.24. The summed E-state index contributed by atoms with van der Waals surface area (Å²) >= 11 is 0. The molecule has 11 heteroatoms. The first-order valence-electron chi connectivity index (χ1n) is 13.3. The Kier molecular flexibility index (Phi) is 8.04. The third-order valence-electron chi connectivity index (χ3n) is 7.12. The number of para-hydroxylation sites is 1. The number of carbonyl (C=O) groups is 1. The predicted molar refractivity (Wildman–Crippen MR) is 153 cm³/mol. The van der Waals surface area contributed by atoms with Crippen molar-refractivity contribution in [2.45, 2.75) is 38.8 Å². The number of nitrogens with zero attached hydrogens (tertiary/aromatic N) is 6. The first-order chi connectivity index (χ1) is 19.4. The largest absolute Gasteiger partial charge is 0.494 e. The number of benzene rings is 1. The summed E-state index contributed by atoms with van der Waals surface area (Å²) in [5.74, 6) is 2.23. The van der Waals surface area contributed by atoms with E-state index < -0.39 is 0 Å². The van der Waals surface area contributed by atoms with Crippen LogP contribution in [-0.4, -0.2) is 66.8 Å². The first-order valence-corrected chi connectivity index (χ1v) is 13.3. The lowest BCUT2D eigenvalue weighted by Crippen LogP contribution is -2.25. The lowest BCUT2D eigenvalue weighted by molar-refractivity contribution is 0.0988. The van der Waals surface area contributed by atoms with Gasteiger partial charge < -0.3 is 20.5 Å². The molecular formula is C29H34N8O3. The van der Waals surface area contributed by atoms with Crippen molar-refractivity contribution in [1.29, 1.82) is 0 Å². The predicted octanol–water partition coefficient (Wildman–Crippen LogP) is 4.49. The van der Waals surface area contributed by atoms with Gasteiger partial charge in [-0.1, -0.05) is 19.1 Å². The van der Waals surface area contributed by atoms with Crippen molar-refractivity contribution in [3.8, 4) is 17.1 Å². The summed E-state index contributed by atoms with van der Waals surface area (Å²) < 4.78 is 7.37. The van der Waals surface area contributed by atoms with Crippen LogP contribution in [0.2, 0.25) is 0 Å². The smallest absolute Gasteiger partial charge is 0.184 e. The molecule has 1 aromatic carbocycles. The number of carbonyl (C=O) groups excluding carboxylic acids is 1. The molecule has 208 valence electrons. The molecule has 0 bridgehead atoms. The monoisotopic (exact) mass is 542 g/mol. The normalized spacial score (nSPS) is 16.1. The minimum atomic E-state index is -0.262. The van der Waals surface area contributed by atoms with Crippen molar-refractivity contribution in [2.24, 2.45) is 7.05 Å². The van der Waals surface area contributed by atoms with E-state index >= 15 is 0 Å². The number of anilines is 4. The van der Waals surface area contributed by atoms with Crippen LogP contribution < -0.4 is 15.4 Å². The van der Waals surface area contributed by atoms with Gasteiger partial charge in [0.25, 0.3) is 0 Å². The average Bonchev–Trinajstić information content (AvgIpc) is 3.60. The van der Waals surface area contributed by atoms with Gasteiger partial charge in [-0.3, -0.25) is 14.4 Å². The maximum absolute atomic E-state index is 12.8. The van der Waals surface area contributed by atoms with E-state index in [1.807, 2.05) is 43.5 Å².